The number of nitrogens with zero attached hydrogens (tertiary/aromatic N) is 2. The van der Waals surface area contributed by atoms with E-state index in [1.807, 2.05) is 31.2 Å². The first-order valence-corrected chi connectivity index (χ1v) is 5.75. The molecule has 1 atom stereocenters. The molecule has 1 unspecified atom stereocenters. The maximum Gasteiger partial charge on any atom is 0.0950 e. The lowest BCUT2D eigenvalue weighted by molar-refractivity contribution is 0.471. The quantitative estimate of drug-likeness (QED) is 0.848. The molecule has 17 heavy (non-hydrogen) atoms. The Morgan fingerprint density at radius 3 is 2.71 bits per heavy atom. The first-order chi connectivity index (χ1) is 8.00. The van der Waals surface area contributed by atoms with Crippen molar-refractivity contribution >= 4 is 16.6 Å². The van der Waals surface area contributed by atoms with E-state index in [0.717, 1.165) is 16.6 Å². The van der Waals surface area contributed by atoms with E-state index in [9.17, 15) is 0 Å². The number of nitrogens with two attached hydrogens (primary N) is 1. The number of benzene rings is 1. The normalized spacial score (nSPS) is 13.6. The highest BCUT2D eigenvalue weighted by Gasteiger charge is 2.23. The third-order valence-electron chi connectivity index (χ3n) is 3.14. The number of aromatic nitrogens is 2. The molecule has 0 bridgehead atoms. The molecule has 2 aromatic rings. The van der Waals surface area contributed by atoms with Crippen molar-refractivity contribution in [2.75, 3.05) is 5.32 Å². The van der Waals surface area contributed by atoms with Gasteiger partial charge in [-0.3, -0.25) is 0 Å². The highest BCUT2D eigenvalue weighted by molar-refractivity contribution is 5.90. The summed E-state index contributed by atoms with van der Waals surface area (Å²) in [4.78, 5) is 0. The molecule has 0 spiro atoms. The lowest BCUT2D eigenvalue weighted by Gasteiger charge is -2.31. The van der Waals surface area contributed by atoms with Gasteiger partial charge < -0.3 is 11.1 Å². The van der Waals surface area contributed by atoms with Gasteiger partial charge in [0.05, 0.1) is 17.4 Å². The summed E-state index contributed by atoms with van der Waals surface area (Å²) in [5, 5.41) is 12.6. The fourth-order valence-corrected chi connectivity index (χ4v) is 1.57. The standard InChI is InChI=1S/C13H18N4/c1-9(14)13(2,3)16-12-8-15-17-11-7-5-4-6-10(11)12/h4-9H,14H2,1-3H3,(H,16,17). The third kappa shape index (κ3) is 2.36. The van der Waals surface area contributed by atoms with Gasteiger partial charge in [-0.25, -0.2) is 0 Å². The molecule has 0 aliphatic heterocycles. The number of rotatable bonds is 3. The van der Waals surface area contributed by atoms with Crippen molar-refractivity contribution < 1.29 is 0 Å². The summed E-state index contributed by atoms with van der Waals surface area (Å²) < 4.78 is 0. The summed E-state index contributed by atoms with van der Waals surface area (Å²) in [6.07, 6.45) is 1.74. The van der Waals surface area contributed by atoms with Gasteiger partial charge in [0.1, 0.15) is 0 Å². The van der Waals surface area contributed by atoms with Crippen LogP contribution in [0.2, 0.25) is 0 Å². The monoisotopic (exact) mass is 230 g/mol. The highest BCUT2D eigenvalue weighted by atomic mass is 15.1. The minimum absolute atomic E-state index is 0.0365. The molecule has 0 saturated heterocycles. The average Bonchev–Trinajstić information content (AvgIpc) is 2.29. The van der Waals surface area contributed by atoms with Crippen molar-refractivity contribution in [3.8, 4) is 0 Å². The lowest BCUT2D eigenvalue weighted by Crippen LogP contribution is -2.47. The molecule has 4 nitrogen and oxygen atoms in total. The summed E-state index contributed by atoms with van der Waals surface area (Å²) in [6, 6.07) is 7.97. The average molecular weight is 230 g/mol. The number of nitrogens with one attached hydrogen (secondary N) is 1. The summed E-state index contributed by atoms with van der Waals surface area (Å²) in [7, 11) is 0. The SMILES string of the molecule is CC(N)C(C)(C)Nc1cnnc2ccccc12. The van der Waals surface area contributed by atoms with Crippen LogP contribution in [0.15, 0.2) is 30.5 Å². The Morgan fingerprint density at radius 2 is 2.00 bits per heavy atom. The molecule has 1 aromatic carbocycles. The van der Waals surface area contributed by atoms with Crippen molar-refractivity contribution in [3.63, 3.8) is 0 Å². The maximum atomic E-state index is 5.96. The van der Waals surface area contributed by atoms with Gasteiger partial charge in [0.2, 0.25) is 0 Å². The van der Waals surface area contributed by atoms with Crippen molar-refractivity contribution in [1.29, 1.82) is 0 Å². The molecule has 0 radical (unpaired) electrons. The van der Waals surface area contributed by atoms with Gasteiger partial charge in [0, 0.05) is 17.0 Å². The molecule has 2 rings (SSSR count). The van der Waals surface area contributed by atoms with E-state index >= 15 is 0 Å². The summed E-state index contributed by atoms with van der Waals surface area (Å²) in [5.74, 6) is 0. The predicted octanol–water partition coefficient (Wildman–Crippen LogP) is 2.17. The van der Waals surface area contributed by atoms with Crippen molar-refractivity contribution in [2.45, 2.75) is 32.4 Å². The third-order valence-corrected chi connectivity index (χ3v) is 3.14. The van der Waals surface area contributed by atoms with Gasteiger partial charge in [-0.15, -0.1) is 0 Å². The van der Waals surface area contributed by atoms with Gasteiger partial charge >= 0.3 is 0 Å². The second-order valence-electron chi connectivity index (χ2n) is 4.91. The van der Waals surface area contributed by atoms with E-state index in [-0.39, 0.29) is 11.6 Å². The molecule has 0 amide bonds. The molecule has 3 N–H and O–H groups in total. The van der Waals surface area contributed by atoms with E-state index in [2.05, 4.69) is 29.4 Å². The van der Waals surface area contributed by atoms with Crippen molar-refractivity contribution in [2.24, 2.45) is 5.73 Å². The largest absolute Gasteiger partial charge is 0.377 e. The van der Waals surface area contributed by atoms with Crippen LogP contribution >= 0.6 is 0 Å². The number of fused-ring (bicyclic) bond motifs is 1. The first-order valence-electron chi connectivity index (χ1n) is 5.75. The molecular weight excluding hydrogens is 212 g/mol. The van der Waals surface area contributed by atoms with Crippen LogP contribution in [0.3, 0.4) is 0 Å². The highest BCUT2D eigenvalue weighted by Crippen LogP contribution is 2.24. The van der Waals surface area contributed by atoms with Crippen LogP contribution in [0.25, 0.3) is 10.9 Å². The number of anilines is 1. The molecule has 90 valence electrons. The van der Waals surface area contributed by atoms with E-state index in [1.54, 1.807) is 6.20 Å². The van der Waals surface area contributed by atoms with Crippen molar-refractivity contribution in [1.82, 2.24) is 10.2 Å². The second kappa shape index (κ2) is 4.30. The summed E-state index contributed by atoms with van der Waals surface area (Å²) >= 11 is 0. The minimum Gasteiger partial charge on any atom is -0.377 e. The first kappa shape index (κ1) is 11.8. The van der Waals surface area contributed by atoms with Crippen LogP contribution < -0.4 is 11.1 Å². The zero-order valence-electron chi connectivity index (χ0n) is 10.4. The summed E-state index contributed by atoms with van der Waals surface area (Å²) in [6.45, 7) is 6.14. The topological polar surface area (TPSA) is 63.8 Å². The van der Waals surface area contributed by atoms with Crippen molar-refractivity contribution in [3.05, 3.63) is 30.5 Å². The minimum atomic E-state index is -0.189. The lowest BCUT2D eigenvalue weighted by atomic mass is 9.96. The van der Waals surface area contributed by atoms with Gasteiger partial charge in [0.25, 0.3) is 0 Å². The molecule has 4 heteroatoms. The Morgan fingerprint density at radius 1 is 1.29 bits per heavy atom. The van der Waals surface area contributed by atoms with E-state index in [4.69, 9.17) is 5.73 Å². The van der Waals surface area contributed by atoms with Crippen LogP contribution in [-0.2, 0) is 0 Å². The Labute approximate surface area is 101 Å². The Bertz CT molecular complexity index is 514. The zero-order chi connectivity index (χ0) is 12.5. The van der Waals surface area contributed by atoms with Crippen LogP contribution in [0.5, 0.6) is 0 Å². The predicted molar refractivity (Wildman–Crippen MR) is 70.9 cm³/mol. The maximum absolute atomic E-state index is 5.96. The van der Waals surface area contributed by atoms with Crippen LogP contribution in [-0.4, -0.2) is 21.8 Å². The number of hydrogen-bond donors (Lipinski definition) is 2. The molecule has 1 heterocycles. The Balaban J connectivity index is 2.43. The van der Waals surface area contributed by atoms with Gasteiger partial charge in [-0.2, -0.15) is 10.2 Å². The zero-order valence-corrected chi connectivity index (χ0v) is 10.4. The van der Waals surface area contributed by atoms with Gasteiger partial charge in [-0.05, 0) is 26.8 Å². The molecule has 0 aliphatic carbocycles. The van der Waals surface area contributed by atoms with E-state index in [1.165, 1.54) is 0 Å². The number of hydrogen-bond acceptors (Lipinski definition) is 4. The summed E-state index contributed by atoms with van der Waals surface area (Å²) in [5.41, 5.74) is 7.63. The molecular formula is C13H18N4. The van der Waals surface area contributed by atoms with E-state index in [0.29, 0.717) is 0 Å². The van der Waals surface area contributed by atoms with E-state index < -0.39 is 0 Å². The second-order valence-corrected chi connectivity index (χ2v) is 4.91. The van der Waals surface area contributed by atoms with Gasteiger partial charge in [0.15, 0.2) is 0 Å². The molecule has 0 aliphatic rings. The smallest absolute Gasteiger partial charge is 0.0950 e. The van der Waals surface area contributed by atoms with Gasteiger partial charge in [-0.1, -0.05) is 18.2 Å². The fourth-order valence-electron chi connectivity index (χ4n) is 1.57. The Hall–Kier alpha value is -1.68. The molecule has 1 aromatic heterocycles. The van der Waals surface area contributed by atoms with Crippen LogP contribution in [0.4, 0.5) is 5.69 Å². The molecule has 0 saturated carbocycles. The van der Waals surface area contributed by atoms with Crippen LogP contribution in [0.1, 0.15) is 20.8 Å². The van der Waals surface area contributed by atoms with Crippen LogP contribution in [0, 0.1) is 0 Å². The fraction of sp³-hybridized carbons (Fsp3) is 0.385. The molecule has 0 fully saturated rings. The Kier molecular flexibility index (Phi) is 2.98.